The van der Waals surface area contributed by atoms with Gasteiger partial charge >= 0.3 is 0 Å². The molecule has 0 bridgehead atoms. The lowest BCUT2D eigenvalue weighted by atomic mass is 9.77. The first-order chi connectivity index (χ1) is 9.59. The first-order valence-electron chi connectivity index (χ1n) is 6.32. The minimum Gasteiger partial charge on any atom is -0.395 e. The molecule has 0 spiro atoms. The molecule has 2 aromatic carbocycles. The Balaban J connectivity index is 2.39. The van der Waals surface area contributed by atoms with Gasteiger partial charge in [-0.1, -0.05) is 40.2 Å². The third-order valence-corrected chi connectivity index (χ3v) is 3.97. The lowest BCUT2D eigenvalue weighted by Gasteiger charge is -2.31. The SMILES string of the molecule is OCC(CO)(Cc1cccc(F)c1)c1cccc(Br)c1. The molecule has 0 aliphatic carbocycles. The summed E-state index contributed by atoms with van der Waals surface area (Å²) in [5.41, 5.74) is 0.742. The topological polar surface area (TPSA) is 40.5 Å². The van der Waals surface area contributed by atoms with Crippen LogP contribution in [0.4, 0.5) is 4.39 Å². The fourth-order valence-electron chi connectivity index (χ4n) is 2.30. The Kier molecular flexibility index (Phi) is 4.91. The molecule has 0 saturated heterocycles. The first kappa shape index (κ1) is 15.2. The Labute approximate surface area is 126 Å². The van der Waals surface area contributed by atoms with Gasteiger partial charge in [0.2, 0.25) is 0 Å². The van der Waals surface area contributed by atoms with Crippen LogP contribution >= 0.6 is 15.9 Å². The number of aliphatic hydroxyl groups is 2. The standard InChI is InChI=1S/C16H16BrFO2/c17-14-5-2-4-13(8-14)16(10-19,11-20)9-12-3-1-6-15(18)7-12/h1-8,19-20H,9-11H2. The van der Waals surface area contributed by atoms with E-state index in [4.69, 9.17) is 0 Å². The average Bonchev–Trinajstić information content (AvgIpc) is 2.45. The van der Waals surface area contributed by atoms with E-state index >= 15 is 0 Å². The van der Waals surface area contributed by atoms with E-state index in [2.05, 4.69) is 15.9 Å². The molecular weight excluding hydrogens is 323 g/mol. The van der Waals surface area contributed by atoms with E-state index in [0.29, 0.717) is 6.42 Å². The maximum Gasteiger partial charge on any atom is 0.123 e. The molecule has 0 saturated carbocycles. The molecule has 0 heterocycles. The molecule has 20 heavy (non-hydrogen) atoms. The van der Waals surface area contributed by atoms with Crippen molar-refractivity contribution in [2.24, 2.45) is 0 Å². The number of rotatable bonds is 5. The van der Waals surface area contributed by atoms with Gasteiger partial charge < -0.3 is 10.2 Å². The van der Waals surface area contributed by atoms with E-state index in [1.165, 1.54) is 12.1 Å². The van der Waals surface area contributed by atoms with Crippen molar-refractivity contribution in [3.8, 4) is 0 Å². The van der Waals surface area contributed by atoms with Crippen LogP contribution in [-0.4, -0.2) is 23.4 Å². The van der Waals surface area contributed by atoms with Crippen molar-refractivity contribution >= 4 is 15.9 Å². The number of aliphatic hydroxyl groups excluding tert-OH is 2. The average molecular weight is 339 g/mol. The van der Waals surface area contributed by atoms with Gasteiger partial charge in [0.05, 0.1) is 13.2 Å². The predicted molar refractivity (Wildman–Crippen MR) is 80.1 cm³/mol. The van der Waals surface area contributed by atoms with Crippen molar-refractivity contribution in [3.63, 3.8) is 0 Å². The van der Waals surface area contributed by atoms with Gasteiger partial charge in [-0.15, -0.1) is 0 Å². The van der Waals surface area contributed by atoms with E-state index in [-0.39, 0.29) is 19.0 Å². The fraction of sp³-hybridized carbons (Fsp3) is 0.250. The summed E-state index contributed by atoms with van der Waals surface area (Å²) >= 11 is 3.39. The van der Waals surface area contributed by atoms with E-state index in [1.54, 1.807) is 12.1 Å². The molecule has 0 amide bonds. The van der Waals surface area contributed by atoms with Gasteiger partial charge in [-0.05, 0) is 41.8 Å². The summed E-state index contributed by atoms with van der Waals surface area (Å²) in [6, 6.07) is 13.7. The zero-order valence-corrected chi connectivity index (χ0v) is 12.5. The van der Waals surface area contributed by atoms with Crippen LogP contribution in [0.3, 0.4) is 0 Å². The highest BCUT2D eigenvalue weighted by molar-refractivity contribution is 9.10. The van der Waals surface area contributed by atoms with Gasteiger partial charge in [0.25, 0.3) is 0 Å². The lowest BCUT2D eigenvalue weighted by Crippen LogP contribution is -2.37. The Morgan fingerprint density at radius 1 is 1.00 bits per heavy atom. The third-order valence-electron chi connectivity index (χ3n) is 3.47. The van der Waals surface area contributed by atoms with Crippen molar-refractivity contribution in [1.29, 1.82) is 0 Å². The Hall–Kier alpha value is -1.23. The van der Waals surface area contributed by atoms with Crippen LogP contribution in [0.2, 0.25) is 0 Å². The zero-order chi connectivity index (χ0) is 14.6. The number of hydrogen-bond acceptors (Lipinski definition) is 2. The molecule has 2 aromatic rings. The number of halogens is 2. The van der Waals surface area contributed by atoms with Crippen molar-refractivity contribution < 1.29 is 14.6 Å². The van der Waals surface area contributed by atoms with E-state index in [0.717, 1.165) is 15.6 Å². The van der Waals surface area contributed by atoms with Crippen LogP contribution in [0.1, 0.15) is 11.1 Å². The zero-order valence-electron chi connectivity index (χ0n) is 10.9. The van der Waals surface area contributed by atoms with Crippen molar-refractivity contribution in [2.75, 3.05) is 13.2 Å². The normalized spacial score (nSPS) is 11.6. The highest BCUT2D eigenvalue weighted by Crippen LogP contribution is 2.30. The van der Waals surface area contributed by atoms with E-state index in [1.807, 2.05) is 24.3 Å². The molecular formula is C16H16BrFO2. The summed E-state index contributed by atoms with van der Waals surface area (Å²) in [7, 11) is 0. The van der Waals surface area contributed by atoms with Gasteiger partial charge in [0.15, 0.2) is 0 Å². The molecule has 106 valence electrons. The first-order valence-corrected chi connectivity index (χ1v) is 7.11. The second-order valence-corrected chi connectivity index (χ2v) is 5.83. The van der Waals surface area contributed by atoms with Crippen molar-refractivity contribution in [3.05, 3.63) is 69.9 Å². The number of benzene rings is 2. The monoisotopic (exact) mass is 338 g/mol. The second-order valence-electron chi connectivity index (χ2n) is 4.91. The minimum absolute atomic E-state index is 0.212. The van der Waals surface area contributed by atoms with Crippen molar-refractivity contribution in [2.45, 2.75) is 11.8 Å². The summed E-state index contributed by atoms with van der Waals surface area (Å²) in [6.45, 7) is -0.424. The second kappa shape index (κ2) is 6.48. The summed E-state index contributed by atoms with van der Waals surface area (Å²) in [4.78, 5) is 0. The van der Waals surface area contributed by atoms with Gasteiger partial charge in [-0.25, -0.2) is 4.39 Å². The molecule has 0 unspecified atom stereocenters. The van der Waals surface area contributed by atoms with Gasteiger partial charge in [-0.2, -0.15) is 0 Å². The van der Waals surface area contributed by atoms with Gasteiger partial charge in [0, 0.05) is 9.89 Å². The maximum absolute atomic E-state index is 13.3. The Morgan fingerprint density at radius 3 is 2.30 bits per heavy atom. The van der Waals surface area contributed by atoms with Crippen LogP contribution in [0.15, 0.2) is 53.0 Å². The molecule has 2 N–H and O–H groups in total. The van der Waals surface area contributed by atoms with E-state index < -0.39 is 5.41 Å². The van der Waals surface area contributed by atoms with Gasteiger partial charge in [-0.3, -0.25) is 0 Å². The molecule has 0 aromatic heterocycles. The van der Waals surface area contributed by atoms with E-state index in [9.17, 15) is 14.6 Å². The largest absolute Gasteiger partial charge is 0.395 e. The van der Waals surface area contributed by atoms with Crippen LogP contribution in [0, 0.1) is 5.82 Å². The highest BCUT2D eigenvalue weighted by Gasteiger charge is 2.31. The summed E-state index contributed by atoms with van der Waals surface area (Å²) in [6.07, 6.45) is 0.369. The lowest BCUT2D eigenvalue weighted by molar-refractivity contribution is 0.116. The molecule has 0 fully saturated rings. The quantitative estimate of drug-likeness (QED) is 0.879. The molecule has 0 aliphatic rings. The van der Waals surface area contributed by atoms with Crippen LogP contribution in [0.5, 0.6) is 0 Å². The van der Waals surface area contributed by atoms with Crippen LogP contribution in [0.25, 0.3) is 0 Å². The predicted octanol–water partition coefficient (Wildman–Crippen LogP) is 3.05. The third kappa shape index (κ3) is 3.26. The molecule has 0 radical (unpaired) electrons. The maximum atomic E-state index is 13.3. The molecule has 0 atom stereocenters. The number of hydrogen-bond donors (Lipinski definition) is 2. The minimum atomic E-state index is -0.822. The van der Waals surface area contributed by atoms with Crippen molar-refractivity contribution in [1.82, 2.24) is 0 Å². The highest BCUT2D eigenvalue weighted by atomic mass is 79.9. The Bertz CT molecular complexity index is 582. The Morgan fingerprint density at radius 2 is 1.70 bits per heavy atom. The molecule has 0 aliphatic heterocycles. The molecule has 4 heteroatoms. The summed E-state index contributed by atoms with van der Waals surface area (Å²) in [5.74, 6) is -0.318. The fourth-order valence-corrected chi connectivity index (χ4v) is 2.70. The molecule has 2 nitrogen and oxygen atoms in total. The van der Waals surface area contributed by atoms with Crippen LogP contribution < -0.4 is 0 Å². The van der Waals surface area contributed by atoms with Crippen LogP contribution in [-0.2, 0) is 11.8 Å². The van der Waals surface area contributed by atoms with Gasteiger partial charge in [0.1, 0.15) is 5.82 Å². The summed E-state index contributed by atoms with van der Waals surface area (Å²) < 4.78 is 14.2. The smallest absolute Gasteiger partial charge is 0.123 e. The summed E-state index contributed by atoms with van der Waals surface area (Å²) in [5, 5.41) is 19.6. The molecule has 2 rings (SSSR count).